The van der Waals surface area contributed by atoms with E-state index >= 15 is 0 Å². The minimum Gasteiger partial charge on any atom is -0.379 e. The highest BCUT2D eigenvalue weighted by Gasteiger charge is 2.39. The normalized spacial score (nSPS) is 15.9. The molecule has 1 atom stereocenters. The molecule has 1 amide bonds. The van der Waals surface area contributed by atoms with Crippen LogP contribution < -0.4 is 0 Å². The topological polar surface area (TPSA) is 38.8 Å². The lowest BCUT2D eigenvalue weighted by Crippen LogP contribution is -2.54. The standard InChI is InChI=1S/C25H51NO3/c1-14-25(12,29-16-15-24(10,11)28-13)17-20(27)26(19-22(5,6)7)23(8,9)18-21(2,3)4/h14-19H2,1-13H3. The Morgan fingerprint density at radius 1 is 0.862 bits per heavy atom. The van der Waals surface area contributed by atoms with Gasteiger partial charge in [-0.2, -0.15) is 0 Å². The molecule has 4 nitrogen and oxygen atoms in total. The molecule has 0 heterocycles. The van der Waals surface area contributed by atoms with E-state index in [-0.39, 0.29) is 27.9 Å². The molecule has 29 heavy (non-hydrogen) atoms. The monoisotopic (exact) mass is 413 g/mol. The Morgan fingerprint density at radius 3 is 1.76 bits per heavy atom. The van der Waals surface area contributed by atoms with E-state index in [1.807, 2.05) is 0 Å². The highest BCUT2D eigenvalue weighted by atomic mass is 16.5. The van der Waals surface area contributed by atoms with Gasteiger partial charge in [0.25, 0.3) is 0 Å². The van der Waals surface area contributed by atoms with Gasteiger partial charge in [-0.25, -0.2) is 0 Å². The summed E-state index contributed by atoms with van der Waals surface area (Å²) in [6.45, 7) is 27.3. The SMILES string of the molecule is CCC(C)(CC(=O)N(CC(C)(C)C)C(C)(C)CC(C)(C)C)OCCC(C)(C)OC. The summed E-state index contributed by atoms with van der Waals surface area (Å²) in [6, 6.07) is 0. The Balaban J connectivity index is 5.45. The Labute approximate surface area is 182 Å². The lowest BCUT2D eigenvalue weighted by molar-refractivity contribution is -0.148. The van der Waals surface area contributed by atoms with Crippen molar-refractivity contribution < 1.29 is 14.3 Å². The van der Waals surface area contributed by atoms with Crippen LogP contribution in [0.3, 0.4) is 0 Å². The minimum absolute atomic E-state index is 0.0385. The number of rotatable bonds is 11. The Bertz CT molecular complexity index is 511. The maximum absolute atomic E-state index is 13.6. The Morgan fingerprint density at radius 2 is 1.38 bits per heavy atom. The van der Waals surface area contributed by atoms with Gasteiger partial charge in [0, 0.05) is 19.2 Å². The third-order valence-electron chi connectivity index (χ3n) is 5.61. The van der Waals surface area contributed by atoms with E-state index in [9.17, 15) is 4.79 Å². The van der Waals surface area contributed by atoms with Crippen LogP contribution in [0.1, 0.15) is 109 Å². The molecular weight excluding hydrogens is 362 g/mol. The van der Waals surface area contributed by atoms with Crippen LogP contribution in [0.2, 0.25) is 0 Å². The van der Waals surface area contributed by atoms with E-state index in [4.69, 9.17) is 9.47 Å². The zero-order valence-corrected chi connectivity index (χ0v) is 21.9. The fraction of sp³-hybridized carbons (Fsp3) is 0.960. The second-order valence-electron chi connectivity index (χ2n) is 12.6. The van der Waals surface area contributed by atoms with Crippen LogP contribution in [-0.2, 0) is 14.3 Å². The van der Waals surface area contributed by atoms with Crippen LogP contribution in [-0.4, -0.2) is 47.8 Å². The molecule has 1 unspecified atom stereocenters. The van der Waals surface area contributed by atoms with Crippen LogP contribution in [0.5, 0.6) is 0 Å². The zero-order chi connectivity index (χ0) is 23.3. The highest BCUT2D eigenvalue weighted by molar-refractivity contribution is 5.78. The molecule has 0 aromatic heterocycles. The van der Waals surface area contributed by atoms with Gasteiger partial charge < -0.3 is 14.4 Å². The molecule has 0 aromatic rings. The molecule has 4 heteroatoms. The largest absolute Gasteiger partial charge is 0.379 e. The number of nitrogens with zero attached hydrogens (tertiary/aromatic N) is 1. The second-order valence-corrected chi connectivity index (χ2v) is 12.6. The van der Waals surface area contributed by atoms with E-state index in [2.05, 4.69) is 88.0 Å². The lowest BCUT2D eigenvalue weighted by Gasteiger charge is -2.46. The van der Waals surface area contributed by atoms with Gasteiger partial charge in [-0.15, -0.1) is 0 Å². The highest BCUT2D eigenvalue weighted by Crippen LogP contribution is 2.35. The van der Waals surface area contributed by atoms with Gasteiger partial charge in [0.05, 0.1) is 24.2 Å². The first-order valence-corrected chi connectivity index (χ1v) is 11.3. The van der Waals surface area contributed by atoms with Crippen molar-refractivity contribution in [2.24, 2.45) is 10.8 Å². The molecule has 0 aliphatic heterocycles. The van der Waals surface area contributed by atoms with Crippen molar-refractivity contribution in [2.75, 3.05) is 20.3 Å². The quantitative estimate of drug-likeness (QED) is 0.390. The second kappa shape index (κ2) is 10.1. The summed E-state index contributed by atoms with van der Waals surface area (Å²) < 4.78 is 11.7. The average Bonchev–Trinajstić information content (AvgIpc) is 2.49. The first kappa shape index (κ1) is 28.4. The molecule has 0 spiro atoms. The number of hydrogen-bond acceptors (Lipinski definition) is 3. The van der Waals surface area contributed by atoms with Gasteiger partial charge >= 0.3 is 0 Å². The molecule has 0 saturated heterocycles. The van der Waals surface area contributed by atoms with Crippen LogP contribution in [0, 0.1) is 10.8 Å². The van der Waals surface area contributed by atoms with Crippen LogP contribution >= 0.6 is 0 Å². The van der Waals surface area contributed by atoms with Crippen molar-refractivity contribution in [1.82, 2.24) is 4.90 Å². The molecule has 0 aromatic carbocycles. The van der Waals surface area contributed by atoms with Crippen molar-refractivity contribution in [2.45, 2.75) is 126 Å². The van der Waals surface area contributed by atoms with E-state index in [1.165, 1.54) is 0 Å². The van der Waals surface area contributed by atoms with Crippen molar-refractivity contribution in [3.05, 3.63) is 0 Å². The zero-order valence-electron chi connectivity index (χ0n) is 21.9. The molecule has 0 aliphatic carbocycles. The molecule has 0 N–H and O–H groups in total. The summed E-state index contributed by atoms with van der Waals surface area (Å²) in [5.74, 6) is 0.185. The number of amides is 1. The van der Waals surface area contributed by atoms with E-state index in [0.29, 0.717) is 13.0 Å². The first-order chi connectivity index (χ1) is 12.8. The Hall–Kier alpha value is -0.610. The molecular formula is C25H51NO3. The van der Waals surface area contributed by atoms with Crippen LogP contribution in [0.25, 0.3) is 0 Å². The third kappa shape index (κ3) is 11.4. The van der Waals surface area contributed by atoms with E-state index in [1.54, 1.807) is 7.11 Å². The van der Waals surface area contributed by atoms with Gasteiger partial charge in [-0.1, -0.05) is 48.5 Å². The fourth-order valence-corrected chi connectivity index (χ4v) is 3.85. The predicted octanol–water partition coefficient (Wildman–Crippen LogP) is 6.47. The van der Waals surface area contributed by atoms with Crippen molar-refractivity contribution in [1.29, 1.82) is 0 Å². The molecule has 0 saturated carbocycles. The first-order valence-electron chi connectivity index (χ1n) is 11.3. The summed E-state index contributed by atoms with van der Waals surface area (Å²) in [4.78, 5) is 15.7. The molecule has 0 aliphatic rings. The molecule has 174 valence electrons. The summed E-state index contributed by atoms with van der Waals surface area (Å²) in [5.41, 5.74) is -0.706. The van der Waals surface area contributed by atoms with Gasteiger partial charge in [0.2, 0.25) is 5.91 Å². The van der Waals surface area contributed by atoms with E-state index < -0.39 is 5.60 Å². The third-order valence-corrected chi connectivity index (χ3v) is 5.61. The average molecular weight is 414 g/mol. The molecule has 0 rings (SSSR count). The lowest BCUT2D eigenvalue weighted by atomic mass is 9.79. The summed E-state index contributed by atoms with van der Waals surface area (Å²) in [5, 5.41) is 0. The number of carbonyl (C=O) groups is 1. The van der Waals surface area contributed by atoms with Crippen molar-refractivity contribution in [3.8, 4) is 0 Å². The van der Waals surface area contributed by atoms with Gasteiger partial charge in [0.15, 0.2) is 0 Å². The summed E-state index contributed by atoms with van der Waals surface area (Å²) >= 11 is 0. The minimum atomic E-state index is -0.463. The summed E-state index contributed by atoms with van der Waals surface area (Å²) in [6.07, 6.45) is 2.96. The smallest absolute Gasteiger partial charge is 0.225 e. The molecule has 0 fully saturated rings. The number of carbonyl (C=O) groups excluding carboxylic acids is 1. The maximum Gasteiger partial charge on any atom is 0.225 e. The predicted molar refractivity (Wildman–Crippen MR) is 124 cm³/mol. The van der Waals surface area contributed by atoms with Crippen LogP contribution in [0.15, 0.2) is 0 Å². The van der Waals surface area contributed by atoms with Gasteiger partial charge in [-0.05, 0) is 64.7 Å². The fourth-order valence-electron chi connectivity index (χ4n) is 3.85. The van der Waals surface area contributed by atoms with E-state index in [0.717, 1.165) is 25.8 Å². The maximum atomic E-state index is 13.6. The molecule has 0 radical (unpaired) electrons. The number of hydrogen-bond donors (Lipinski definition) is 0. The summed E-state index contributed by atoms with van der Waals surface area (Å²) in [7, 11) is 1.73. The van der Waals surface area contributed by atoms with Crippen LogP contribution in [0.4, 0.5) is 0 Å². The van der Waals surface area contributed by atoms with Crippen molar-refractivity contribution in [3.63, 3.8) is 0 Å². The molecule has 0 bridgehead atoms. The van der Waals surface area contributed by atoms with Gasteiger partial charge in [0.1, 0.15) is 0 Å². The number of ether oxygens (including phenoxy) is 2. The van der Waals surface area contributed by atoms with Gasteiger partial charge in [-0.3, -0.25) is 4.79 Å². The Kier molecular flexibility index (Phi) is 9.92. The van der Waals surface area contributed by atoms with Crippen molar-refractivity contribution >= 4 is 5.91 Å². The number of methoxy groups -OCH3 is 1.